The Hall–Kier alpha value is -7.13. The van der Waals surface area contributed by atoms with Gasteiger partial charge in [0.1, 0.15) is 42.8 Å². The summed E-state index contributed by atoms with van der Waals surface area (Å²) in [7, 11) is 0. The van der Waals surface area contributed by atoms with E-state index in [1.807, 2.05) is 60.7 Å². The van der Waals surface area contributed by atoms with Crippen molar-refractivity contribution in [1.29, 1.82) is 0 Å². The first kappa shape index (κ1) is 74.7. The first-order chi connectivity index (χ1) is 47.0. The standard InChI is InChI=1S/C79H98N4O12.Co/c1-5-9-13-41-84-45-48-88-53-56-92-64-25-17-60(18-26-64)76-68-33-35-70(80-68)77(61-19-27-65(28-20-61)93-57-54-89-49-46-85-42-14-10-6-2)72-37-39-74(82-72)79(63-23-31-67(32-24-63)95-59-91-52-51-87-44-16-12-8-4)75-40-38-73(83-75)78(71-36-34-69(76)81-71)62-21-29-66(30-22-62)94-58-55-90-50-47-86-43-15-11-7-3;/h17-40H,5-16,41-59H2,1-4H3;/q-2;+2. The number of aromatic nitrogens is 4. The molecule has 17 heteroatoms. The summed E-state index contributed by atoms with van der Waals surface area (Å²) >= 11 is 0. The molecule has 0 amide bonds. The predicted octanol–water partition coefficient (Wildman–Crippen LogP) is 16.9. The molecule has 9 rings (SSSR count). The van der Waals surface area contributed by atoms with Crippen molar-refractivity contribution in [3.8, 4) is 67.5 Å². The zero-order valence-corrected chi connectivity index (χ0v) is 57.8. The van der Waals surface area contributed by atoms with Gasteiger partial charge in [0.15, 0.2) is 6.79 Å². The number of ether oxygens (including phenoxy) is 12. The SMILES string of the molecule is CCCCCOCCOCCOc1ccc(-c2c3nc(c(-c4ccc(OCCOCCOCCCCC)cc4)c4ccc([n-]4)c(-c4ccc(OCOCCOCCCCC)cc4)c4nc(c(-c5ccc(OCCOCCOCCCCC)cc5)c5ccc2[n-]5)C=C4)C=C3)cc1.[Co+2]. The number of fused-ring (bicyclic) bond motifs is 8. The van der Waals surface area contributed by atoms with Gasteiger partial charge in [0.2, 0.25) is 0 Å². The van der Waals surface area contributed by atoms with Gasteiger partial charge in [-0.25, -0.2) is 9.97 Å². The Balaban J connectivity index is 0.0000118. The maximum atomic E-state index is 6.20. The molecule has 0 saturated heterocycles. The van der Waals surface area contributed by atoms with E-state index in [1.165, 1.54) is 38.5 Å². The van der Waals surface area contributed by atoms with Crippen LogP contribution in [0.2, 0.25) is 0 Å². The third-order valence-corrected chi connectivity index (χ3v) is 16.0. The monoisotopic (exact) mass is 1350 g/mol. The molecule has 2 aliphatic rings. The van der Waals surface area contributed by atoms with Crippen molar-refractivity contribution in [3.05, 3.63) is 144 Å². The van der Waals surface area contributed by atoms with Crippen LogP contribution in [0.5, 0.6) is 23.0 Å². The molecule has 0 unspecified atom stereocenters. The molecule has 96 heavy (non-hydrogen) atoms. The molecule has 0 atom stereocenters. The molecule has 7 aromatic rings. The summed E-state index contributed by atoms with van der Waals surface area (Å²) < 4.78 is 70.9. The Kier molecular flexibility index (Phi) is 33.6. The fourth-order valence-electron chi connectivity index (χ4n) is 11.0. The number of rotatable bonds is 47. The van der Waals surface area contributed by atoms with Crippen LogP contribution in [0, 0.1) is 0 Å². The molecule has 1 radical (unpaired) electrons. The molecule has 3 aromatic heterocycles. The van der Waals surface area contributed by atoms with Gasteiger partial charge in [-0.2, -0.15) is 0 Å². The van der Waals surface area contributed by atoms with Crippen LogP contribution in [0.1, 0.15) is 128 Å². The number of unbranched alkanes of at least 4 members (excludes halogenated alkanes) is 8. The molecular formula is C79H98CoN4O12. The Morgan fingerprint density at radius 3 is 0.740 bits per heavy atom. The molecule has 0 spiro atoms. The summed E-state index contributed by atoms with van der Waals surface area (Å²) in [4.78, 5) is 22.1. The van der Waals surface area contributed by atoms with E-state index in [0.29, 0.717) is 98.2 Å². The Labute approximate surface area is 578 Å². The van der Waals surface area contributed by atoms with E-state index in [-0.39, 0.29) is 23.6 Å². The fourth-order valence-corrected chi connectivity index (χ4v) is 11.0. The average molecular weight is 1350 g/mol. The van der Waals surface area contributed by atoms with Gasteiger partial charge in [0.25, 0.3) is 0 Å². The Morgan fingerprint density at radius 1 is 0.250 bits per heavy atom. The molecule has 4 aromatic carbocycles. The van der Waals surface area contributed by atoms with Gasteiger partial charge in [-0.3, -0.25) is 0 Å². The Bertz CT molecular complexity index is 3510. The molecule has 8 bridgehead atoms. The van der Waals surface area contributed by atoms with Crippen LogP contribution in [0.4, 0.5) is 0 Å². The minimum atomic E-state index is 0. The fraction of sp³-hybridized carbons (Fsp3) is 0.443. The van der Waals surface area contributed by atoms with Crippen LogP contribution in [-0.4, -0.2) is 136 Å². The molecule has 0 N–H and O–H groups in total. The van der Waals surface area contributed by atoms with E-state index >= 15 is 0 Å². The molecule has 0 fully saturated rings. The smallest absolute Gasteiger partial charge is 0.657 e. The topological polar surface area (TPSA) is 165 Å². The quantitative estimate of drug-likeness (QED) is 0.0261. The van der Waals surface area contributed by atoms with Gasteiger partial charge in [0.05, 0.1) is 95.5 Å². The van der Waals surface area contributed by atoms with Crippen molar-refractivity contribution in [1.82, 2.24) is 19.9 Å². The van der Waals surface area contributed by atoms with Crippen molar-refractivity contribution in [2.75, 3.05) is 126 Å². The summed E-state index contributed by atoms with van der Waals surface area (Å²) in [5.41, 5.74) is 12.9. The molecular weight excluding hydrogens is 1260 g/mol. The van der Waals surface area contributed by atoms with E-state index in [0.717, 1.165) is 172 Å². The van der Waals surface area contributed by atoms with Crippen molar-refractivity contribution in [2.24, 2.45) is 0 Å². The van der Waals surface area contributed by atoms with E-state index in [1.54, 1.807) is 0 Å². The summed E-state index contributed by atoms with van der Waals surface area (Å²) in [5, 5.41) is 0. The van der Waals surface area contributed by atoms with E-state index < -0.39 is 0 Å². The second-order valence-electron chi connectivity index (χ2n) is 23.3. The van der Waals surface area contributed by atoms with Gasteiger partial charge >= 0.3 is 16.8 Å². The molecule has 2 aliphatic heterocycles. The van der Waals surface area contributed by atoms with Gasteiger partial charge < -0.3 is 66.8 Å². The zero-order valence-electron chi connectivity index (χ0n) is 56.8. The van der Waals surface area contributed by atoms with Crippen molar-refractivity contribution < 1.29 is 73.6 Å². The molecule has 16 nitrogen and oxygen atoms in total. The average Bonchev–Trinajstić information content (AvgIpc) is 1.62. The number of hydrogen-bond donors (Lipinski definition) is 0. The second-order valence-corrected chi connectivity index (χ2v) is 23.3. The summed E-state index contributed by atoms with van der Waals surface area (Å²) in [6.45, 7) is 18.7. The van der Waals surface area contributed by atoms with Crippen LogP contribution < -0.4 is 28.9 Å². The largest absolute Gasteiger partial charge is 2.00 e. The van der Waals surface area contributed by atoms with Gasteiger partial charge in [-0.05, 0) is 143 Å². The van der Waals surface area contributed by atoms with Crippen LogP contribution in [0.15, 0.2) is 121 Å². The maximum absolute atomic E-state index is 6.20. The van der Waals surface area contributed by atoms with Crippen LogP contribution in [0.25, 0.3) is 90.9 Å². The first-order valence-corrected chi connectivity index (χ1v) is 34.6. The van der Waals surface area contributed by atoms with Crippen molar-refractivity contribution in [2.45, 2.75) is 105 Å². The number of nitrogens with zero attached hydrogens (tertiary/aromatic N) is 4. The minimum Gasteiger partial charge on any atom is -0.657 e. The normalized spacial score (nSPS) is 11.8. The molecule has 0 aliphatic carbocycles. The summed E-state index contributed by atoms with van der Waals surface area (Å²) in [5.74, 6) is 2.84. The van der Waals surface area contributed by atoms with Crippen LogP contribution >= 0.6 is 0 Å². The van der Waals surface area contributed by atoms with E-state index in [2.05, 4.69) is 113 Å². The number of benzene rings is 4. The molecule has 5 heterocycles. The zero-order chi connectivity index (χ0) is 65.8. The van der Waals surface area contributed by atoms with Crippen LogP contribution in [0.3, 0.4) is 0 Å². The van der Waals surface area contributed by atoms with Gasteiger partial charge in [0, 0.05) is 26.4 Å². The van der Waals surface area contributed by atoms with Gasteiger partial charge in [-0.1, -0.05) is 152 Å². The third kappa shape index (κ3) is 23.9. The van der Waals surface area contributed by atoms with E-state index in [4.69, 9.17) is 76.8 Å². The first-order valence-electron chi connectivity index (χ1n) is 34.6. The second kappa shape index (κ2) is 43.2. The van der Waals surface area contributed by atoms with Gasteiger partial charge in [-0.15, -0.1) is 22.1 Å². The summed E-state index contributed by atoms with van der Waals surface area (Å²) in [6, 6.07) is 40.6. The van der Waals surface area contributed by atoms with Crippen molar-refractivity contribution in [3.63, 3.8) is 0 Å². The Morgan fingerprint density at radius 2 is 0.479 bits per heavy atom. The third-order valence-electron chi connectivity index (χ3n) is 16.0. The van der Waals surface area contributed by atoms with Crippen LogP contribution in [-0.2, 0) is 54.7 Å². The maximum Gasteiger partial charge on any atom is 2.00 e. The molecule has 515 valence electrons. The molecule has 0 saturated carbocycles. The number of hydrogen-bond acceptors (Lipinski definition) is 14. The van der Waals surface area contributed by atoms with Crippen molar-refractivity contribution >= 4 is 46.4 Å². The summed E-state index contributed by atoms with van der Waals surface area (Å²) in [6.07, 6.45) is 21.9. The minimum absolute atomic E-state index is 0. The predicted molar refractivity (Wildman–Crippen MR) is 380 cm³/mol. The van der Waals surface area contributed by atoms with E-state index in [9.17, 15) is 0 Å².